The van der Waals surface area contributed by atoms with Gasteiger partial charge in [-0.25, -0.2) is 8.42 Å². The van der Waals surface area contributed by atoms with Crippen molar-refractivity contribution in [1.82, 2.24) is 4.72 Å². The molecule has 2 aromatic rings. The molecule has 3 rings (SSSR count). The van der Waals surface area contributed by atoms with Crippen molar-refractivity contribution in [3.8, 4) is 0 Å². The molecule has 0 spiro atoms. The van der Waals surface area contributed by atoms with Crippen LogP contribution < -0.4 is 15.4 Å². The molecule has 114 valence electrons. The van der Waals surface area contributed by atoms with Crippen LogP contribution in [-0.2, 0) is 14.8 Å². The predicted octanol–water partition coefficient (Wildman–Crippen LogP) is 1.66. The lowest BCUT2D eigenvalue weighted by atomic mass is 10.2. The van der Waals surface area contributed by atoms with Crippen molar-refractivity contribution in [3.63, 3.8) is 0 Å². The lowest BCUT2D eigenvalue weighted by Crippen LogP contribution is -2.51. The van der Waals surface area contributed by atoms with Gasteiger partial charge in [-0.05, 0) is 36.8 Å². The second-order valence-corrected chi connectivity index (χ2v) is 6.74. The normalized spacial score (nSPS) is 18.9. The molecule has 3 N–H and O–H groups in total. The number of benzene rings is 2. The van der Waals surface area contributed by atoms with Crippen molar-refractivity contribution in [3.05, 3.63) is 54.1 Å². The number of amides is 1. The molecule has 0 aliphatic carbocycles. The molecule has 0 radical (unpaired) electrons. The summed E-state index contributed by atoms with van der Waals surface area (Å²) < 4.78 is 26.8. The van der Waals surface area contributed by atoms with E-state index in [4.69, 9.17) is 0 Å². The van der Waals surface area contributed by atoms with E-state index in [-0.39, 0.29) is 4.90 Å². The van der Waals surface area contributed by atoms with Gasteiger partial charge >= 0.3 is 0 Å². The summed E-state index contributed by atoms with van der Waals surface area (Å²) in [7, 11) is -3.72. The van der Waals surface area contributed by atoms with Gasteiger partial charge in [0.05, 0.1) is 5.69 Å². The van der Waals surface area contributed by atoms with E-state index < -0.39 is 22.1 Å². The minimum atomic E-state index is -3.72. The van der Waals surface area contributed by atoms with Gasteiger partial charge in [0, 0.05) is 5.69 Å². The first-order chi connectivity index (χ1) is 10.5. The Kier molecular flexibility index (Phi) is 3.59. The molecule has 22 heavy (non-hydrogen) atoms. The Morgan fingerprint density at radius 1 is 1.14 bits per heavy atom. The lowest BCUT2D eigenvalue weighted by molar-refractivity contribution is -0.117. The summed E-state index contributed by atoms with van der Waals surface area (Å²) in [5.41, 5.74) is 1.93. The molecule has 0 fully saturated rings. The van der Waals surface area contributed by atoms with Crippen LogP contribution in [-0.4, -0.2) is 20.5 Å². The average molecular weight is 317 g/mol. The van der Waals surface area contributed by atoms with Crippen molar-refractivity contribution in [1.29, 1.82) is 0 Å². The number of hydrogen-bond donors (Lipinski definition) is 3. The highest BCUT2D eigenvalue weighted by Crippen LogP contribution is 2.27. The van der Waals surface area contributed by atoms with Gasteiger partial charge in [-0.1, -0.05) is 24.3 Å². The van der Waals surface area contributed by atoms with E-state index >= 15 is 0 Å². The van der Waals surface area contributed by atoms with Gasteiger partial charge in [-0.2, -0.15) is 4.72 Å². The van der Waals surface area contributed by atoms with Crippen molar-refractivity contribution in [2.45, 2.75) is 18.0 Å². The van der Waals surface area contributed by atoms with Gasteiger partial charge in [0.2, 0.25) is 10.0 Å². The fourth-order valence-corrected chi connectivity index (χ4v) is 3.51. The fraction of sp³-hybridized carbons (Fsp3) is 0.133. The molecule has 0 bridgehead atoms. The Morgan fingerprint density at radius 2 is 1.86 bits per heavy atom. The first-order valence-corrected chi connectivity index (χ1v) is 8.19. The minimum absolute atomic E-state index is 0.141. The van der Waals surface area contributed by atoms with Crippen LogP contribution in [0.5, 0.6) is 0 Å². The monoisotopic (exact) mass is 317 g/mol. The third kappa shape index (κ3) is 2.81. The smallest absolute Gasteiger partial charge is 0.262 e. The van der Waals surface area contributed by atoms with Crippen LogP contribution >= 0.6 is 0 Å². The molecular weight excluding hydrogens is 302 g/mol. The molecule has 6 nitrogen and oxygen atoms in total. The summed E-state index contributed by atoms with van der Waals surface area (Å²) in [6.07, 6.45) is -1.06. The second-order valence-electron chi connectivity index (χ2n) is 5.05. The molecular formula is C15H15N3O3S. The summed E-state index contributed by atoms with van der Waals surface area (Å²) in [5, 5.41) is 5.58. The number of para-hydroxylation sites is 1. The van der Waals surface area contributed by atoms with E-state index in [2.05, 4.69) is 15.4 Å². The number of hydrogen-bond acceptors (Lipinski definition) is 4. The Balaban J connectivity index is 1.87. The molecule has 2 aromatic carbocycles. The van der Waals surface area contributed by atoms with Crippen molar-refractivity contribution >= 4 is 27.3 Å². The number of carbonyl (C=O) groups is 1. The largest absolute Gasteiger partial charge is 0.360 e. The number of carbonyl (C=O) groups excluding carboxylic acids is 1. The molecule has 0 aromatic heterocycles. The number of fused-ring (bicyclic) bond motifs is 1. The van der Waals surface area contributed by atoms with Crippen LogP contribution in [0.3, 0.4) is 0 Å². The number of rotatable bonds is 2. The first-order valence-electron chi connectivity index (χ1n) is 6.71. The van der Waals surface area contributed by atoms with Crippen LogP contribution in [0.2, 0.25) is 0 Å². The standard InChI is InChI=1S/C15H15N3O3S/c1-10-7-8-13-12(9-10)17-14(18-22(13,20)21)15(19)16-11-5-3-2-4-6-11/h2-9,14,17-18H,1H3,(H,16,19)/t14-/m0/s1. The third-order valence-corrected chi connectivity index (χ3v) is 4.78. The molecule has 0 saturated heterocycles. The zero-order valence-corrected chi connectivity index (χ0v) is 12.6. The van der Waals surface area contributed by atoms with Crippen molar-refractivity contribution in [2.24, 2.45) is 0 Å². The number of aryl methyl sites for hydroxylation is 1. The predicted molar refractivity (Wildman–Crippen MR) is 84.0 cm³/mol. The summed E-state index contributed by atoms with van der Waals surface area (Å²) in [6.45, 7) is 1.86. The Morgan fingerprint density at radius 3 is 2.59 bits per heavy atom. The molecule has 7 heteroatoms. The first kappa shape index (κ1) is 14.6. The van der Waals surface area contributed by atoms with Gasteiger partial charge in [0.15, 0.2) is 6.17 Å². The summed E-state index contributed by atoms with van der Waals surface area (Å²) in [6, 6.07) is 13.8. The van der Waals surface area contributed by atoms with Crippen LogP contribution in [0.4, 0.5) is 11.4 Å². The fourth-order valence-electron chi connectivity index (χ4n) is 2.25. The van der Waals surface area contributed by atoms with Gasteiger partial charge in [0.25, 0.3) is 5.91 Å². The maximum absolute atomic E-state index is 12.2. The molecule has 1 aliphatic rings. The third-order valence-electron chi connectivity index (χ3n) is 3.30. The van der Waals surface area contributed by atoms with Crippen LogP contribution in [0, 0.1) is 6.92 Å². The highest BCUT2D eigenvalue weighted by atomic mass is 32.2. The quantitative estimate of drug-likeness (QED) is 0.786. The zero-order valence-electron chi connectivity index (χ0n) is 11.8. The summed E-state index contributed by atoms with van der Waals surface area (Å²) in [5.74, 6) is -0.470. The van der Waals surface area contributed by atoms with Gasteiger partial charge in [-0.15, -0.1) is 0 Å². The summed E-state index contributed by atoms with van der Waals surface area (Å²) in [4.78, 5) is 12.4. The van der Waals surface area contributed by atoms with Crippen LogP contribution in [0.1, 0.15) is 5.56 Å². The Labute approximate surface area is 128 Å². The minimum Gasteiger partial charge on any atom is -0.360 e. The SMILES string of the molecule is Cc1ccc2c(c1)N[C@H](C(=O)Nc1ccccc1)NS2(=O)=O. The van der Waals surface area contributed by atoms with Crippen LogP contribution in [0.15, 0.2) is 53.4 Å². The van der Waals surface area contributed by atoms with Gasteiger partial charge in [0.1, 0.15) is 4.90 Å². The molecule has 1 aliphatic heterocycles. The van der Waals surface area contributed by atoms with Gasteiger partial charge < -0.3 is 10.6 Å². The van der Waals surface area contributed by atoms with Crippen molar-refractivity contribution < 1.29 is 13.2 Å². The van der Waals surface area contributed by atoms with E-state index in [0.29, 0.717) is 11.4 Å². The topological polar surface area (TPSA) is 87.3 Å². The zero-order chi connectivity index (χ0) is 15.7. The van der Waals surface area contributed by atoms with E-state index in [9.17, 15) is 13.2 Å². The highest BCUT2D eigenvalue weighted by Gasteiger charge is 2.33. The maximum atomic E-state index is 12.2. The molecule has 0 saturated carbocycles. The second kappa shape index (κ2) is 5.43. The summed E-state index contributed by atoms with van der Waals surface area (Å²) >= 11 is 0. The Hall–Kier alpha value is -2.38. The number of anilines is 2. The molecule has 1 amide bonds. The number of sulfonamides is 1. The van der Waals surface area contributed by atoms with E-state index in [1.54, 1.807) is 36.4 Å². The lowest BCUT2D eigenvalue weighted by Gasteiger charge is -2.27. The van der Waals surface area contributed by atoms with E-state index in [1.807, 2.05) is 13.0 Å². The highest BCUT2D eigenvalue weighted by molar-refractivity contribution is 7.89. The van der Waals surface area contributed by atoms with E-state index in [1.165, 1.54) is 6.07 Å². The van der Waals surface area contributed by atoms with Crippen LogP contribution in [0.25, 0.3) is 0 Å². The number of nitrogens with one attached hydrogen (secondary N) is 3. The molecule has 1 heterocycles. The maximum Gasteiger partial charge on any atom is 0.262 e. The van der Waals surface area contributed by atoms with Gasteiger partial charge in [-0.3, -0.25) is 4.79 Å². The Bertz CT molecular complexity index is 819. The average Bonchev–Trinajstić information content (AvgIpc) is 2.46. The molecule has 0 unspecified atom stereocenters. The van der Waals surface area contributed by atoms with E-state index in [0.717, 1.165) is 5.56 Å². The molecule has 1 atom stereocenters. The van der Waals surface area contributed by atoms with Crippen molar-refractivity contribution in [2.75, 3.05) is 10.6 Å².